The van der Waals surface area contributed by atoms with Crippen molar-refractivity contribution in [2.24, 2.45) is 11.3 Å². The van der Waals surface area contributed by atoms with Crippen molar-refractivity contribution in [3.63, 3.8) is 0 Å². The number of hydrogen-bond acceptors (Lipinski definition) is 1. The van der Waals surface area contributed by atoms with Gasteiger partial charge in [0.15, 0.2) is 0 Å². The van der Waals surface area contributed by atoms with E-state index < -0.39 is 0 Å². The molecule has 1 rings (SSSR count). The van der Waals surface area contributed by atoms with E-state index in [1.165, 1.54) is 16.7 Å². The molecule has 1 unspecified atom stereocenters. The van der Waals surface area contributed by atoms with Gasteiger partial charge in [-0.15, -0.1) is 13.7 Å². The Morgan fingerprint density at radius 1 is 0.793 bits per heavy atom. The average Bonchev–Trinajstić information content (AvgIpc) is 2.47. The minimum atomic E-state index is -0.0706. The monoisotopic (exact) mass is 417 g/mol. The molecule has 0 aliphatic carbocycles. The van der Waals surface area contributed by atoms with Gasteiger partial charge in [-0.2, -0.15) is 0 Å². The van der Waals surface area contributed by atoms with Gasteiger partial charge in [-0.1, -0.05) is 102 Å². The molecule has 0 N–H and O–H groups in total. The van der Waals surface area contributed by atoms with Gasteiger partial charge in [-0.25, -0.2) is 0 Å². The first kappa shape index (κ1) is 26.4. The highest BCUT2D eigenvalue weighted by atomic mass is 31.1. The molecule has 0 spiro atoms. The van der Waals surface area contributed by atoms with Crippen LogP contribution in [0.25, 0.3) is 0 Å². The molecule has 0 bridgehead atoms. The van der Waals surface area contributed by atoms with Gasteiger partial charge in [0.25, 0.3) is 0 Å². The molecule has 1 nitrogen and oxygen atoms in total. The van der Waals surface area contributed by atoms with E-state index in [0.717, 1.165) is 26.4 Å². The molecule has 0 saturated heterocycles. The lowest BCUT2D eigenvalue weighted by molar-refractivity contribution is -0.207. The van der Waals surface area contributed by atoms with Crippen molar-refractivity contribution in [3.8, 4) is 0 Å². The summed E-state index contributed by atoms with van der Waals surface area (Å²) in [7, 11) is 0.929. The Labute approximate surface area is 183 Å². The molecule has 0 fully saturated rings. The summed E-state index contributed by atoms with van der Waals surface area (Å²) >= 11 is 0. The lowest BCUT2D eigenvalue weighted by Gasteiger charge is -2.36. The van der Waals surface area contributed by atoms with E-state index in [2.05, 4.69) is 102 Å². The Balaban J connectivity index is 3.63. The van der Waals surface area contributed by atoms with Gasteiger partial charge in [0, 0.05) is 0 Å². The highest BCUT2D eigenvalue weighted by Crippen LogP contribution is 2.39. The fraction of sp³-hybridized carbons (Fsp3) is 0.741. The van der Waals surface area contributed by atoms with Crippen LogP contribution >= 0.6 is 8.20 Å². The number of rotatable bonds is 4. The molecule has 0 saturated carbocycles. The maximum Gasteiger partial charge on any atom is -0.00899 e. The quantitative estimate of drug-likeness (QED) is 0.467. The van der Waals surface area contributed by atoms with Crippen molar-refractivity contribution >= 4 is 13.7 Å². The van der Waals surface area contributed by atoms with Crippen LogP contribution in [0, 0.1) is 11.3 Å². The average molecular weight is 418 g/mol. The van der Waals surface area contributed by atoms with Crippen LogP contribution in [-0.2, 0) is 16.2 Å². The molecular weight excluding hydrogens is 371 g/mol. The van der Waals surface area contributed by atoms with Gasteiger partial charge in [0.2, 0.25) is 0 Å². The van der Waals surface area contributed by atoms with Crippen molar-refractivity contribution in [1.29, 1.82) is 0 Å². The van der Waals surface area contributed by atoms with E-state index in [9.17, 15) is 5.11 Å². The Bertz CT molecular complexity index is 693. The van der Waals surface area contributed by atoms with Crippen molar-refractivity contribution in [3.05, 3.63) is 34.4 Å². The van der Waals surface area contributed by atoms with Crippen LogP contribution in [-0.4, -0.2) is 11.6 Å². The number of hydrogen-bond donors (Lipinski definition) is 0. The summed E-state index contributed by atoms with van der Waals surface area (Å²) in [5.41, 5.74) is 5.22. The molecule has 1 aromatic carbocycles. The SMILES string of the molecule is CC(CP=C([O-])c1c(C(C)(C)C)cc(C(C)(C)C)cc1C(C)(C)C)CC(C)(C)C. The van der Waals surface area contributed by atoms with Gasteiger partial charge < -0.3 is 5.11 Å². The second-order valence-electron chi connectivity index (χ2n) is 13.2. The summed E-state index contributed by atoms with van der Waals surface area (Å²) in [5, 5.41) is 13.6. The van der Waals surface area contributed by atoms with Crippen molar-refractivity contribution < 1.29 is 5.11 Å². The highest BCUT2D eigenvalue weighted by molar-refractivity contribution is 7.40. The Morgan fingerprint density at radius 3 is 1.52 bits per heavy atom. The van der Waals surface area contributed by atoms with Crippen molar-refractivity contribution in [2.75, 3.05) is 6.16 Å². The first-order valence-electron chi connectivity index (χ1n) is 11.1. The Kier molecular flexibility index (Phi) is 8.04. The summed E-state index contributed by atoms with van der Waals surface area (Å²) in [5.74, 6) is 0.547. The standard InChI is InChI=1S/C27H47OP/c1-18(16-24(2,3)4)17-29-23(28)22-20(26(8,9)10)14-19(25(5,6)7)15-21(22)27(11,12)13/h14-15,18,28H,16-17H2,1-13H3/p-1. The molecule has 166 valence electrons. The largest absolute Gasteiger partial charge is 0.824 e. The maximum absolute atomic E-state index is 13.6. The second kappa shape index (κ2) is 8.84. The molecule has 0 amide bonds. The molecule has 0 aliphatic rings. The van der Waals surface area contributed by atoms with Gasteiger partial charge >= 0.3 is 0 Å². The van der Waals surface area contributed by atoms with Crippen LogP contribution in [0.3, 0.4) is 0 Å². The van der Waals surface area contributed by atoms with Gasteiger partial charge in [-0.05, 0) is 62.4 Å². The van der Waals surface area contributed by atoms with E-state index >= 15 is 0 Å². The molecule has 0 heterocycles. The minimum absolute atomic E-state index is 0.0561. The Hall–Kier alpha value is -0.650. The lowest BCUT2D eigenvalue weighted by atomic mass is 9.72. The van der Waals surface area contributed by atoms with Crippen LogP contribution in [0.15, 0.2) is 12.1 Å². The molecular formula is C27H46OP-. The van der Waals surface area contributed by atoms with E-state index in [0.29, 0.717) is 16.8 Å². The zero-order valence-electron chi connectivity index (χ0n) is 21.5. The van der Waals surface area contributed by atoms with Crippen LogP contribution in [0.2, 0.25) is 0 Å². The van der Waals surface area contributed by atoms with Crippen molar-refractivity contribution in [2.45, 2.75) is 113 Å². The summed E-state index contributed by atoms with van der Waals surface area (Å²) < 4.78 is 0. The zero-order valence-corrected chi connectivity index (χ0v) is 22.4. The normalized spacial score (nSPS) is 15.6. The van der Waals surface area contributed by atoms with Crippen LogP contribution in [0.5, 0.6) is 0 Å². The molecule has 0 aliphatic heterocycles. The third-order valence-electron chi connectivity index (χ3n) is 5.34. The van der Waals surface area contributed by atoms with Crippen LogP contribution in [0.4, 0.5) is 0 Å². The molecule has 2 heteroatoms. The van der Waals surface area contributed by atoms with E-state index in [1.807, 2.05) is 0 Å². The zero-order chi connectivity index (χ0) is 23.0. The lowest BCUT2D eigenvalue weighted by Crippen LogP contribution is -2.30. The van der Waals surface area contributed by atoms with Gasteiger partial charge in [0.1, 0.15) is 0 Å². The summed E-state index contributed by atoms with van der Waals surface area (Å²) in [4.78, 5) is 0. The van der Waals surface area contributed by atoms with Gasteiger partial charge in [-0.3, -0.25) is 0 Å². The molecule has 0 radical (unpaired) electrons. The van der Waals surface area contributed by atoms with E-state index in [-0.39, 0.29) is 16.2 Å². The third kappa shape index (κ3) is 7.84. The fourth-order valence-electron chi connectivity index (χ4n) is 3.92. The molecule has 1 aromatic rings. The van der Waals surface area contributed by atoms with E-state index in [1.54, 1.807) is 0 Å². The number of benzene rings is 1. The topological polar surface area (TPSA) is 23.1 Å². The summed E-state index contributed by atoms with van der Waals surface area (Å²) in [6.07, 6.45) is 2.08. The molecule has 0 aromatic heterocycles. The first-order chi connectivity index (χ1) is 12.7. The minimum Gasteiger partial charge on any atom is -0.824 e. The summed E-state index contributed by atoms with van der Waals surface area (Å²) in [6, 6.07) is 4.60. The predicted molar refractivity (Wildman–Crippen MR) is 132 cm³/mol. The Morgan fingerprint density at radius 2 is 1.21 bits per heavy atom. The van der Waals surface area contributed by atoms with Crippen LogP contribution in [0.1, 0.15) is 119 Å². The van der Waals surface area contributed by atoms with Gasteiger partial charge in [0.05, 0.1) is 0 Å². The highest BCUT2D eigenvalue weighted by Gasteiger charge is 2.28. The van der Waals surface area contributed by atoms with Crippen molar-refractivity contribution in [1.82, 2.24) is 0 Å². The smallest absolute Gasteiger partial charge is 0.00899 e. The molecule has 1 atom stereocenters. The summed E-state index contributed by atoms with van der Waals surface area (Å²) in [6.45, 7) is 29.3. The third-order valence-corrected chi connectivity index (χ3v) is 6.66. The molecule has 29 heavy (non-hydrogen) atoms. The predicted octanol–water partition coefficient (Wildman–Crippen LogP) is 7.44. The van der Waals surface area contributed by atoms with Crippen LogP contribution < -0.4 is 5.11 Å². The van der Waals surface area contributed by atoms with E-state index in [4.69, 9.17) is 0 Å². The maximum atomic E-state index is 13.6. The second-order valence-corrected chi connectivity index (χ2v) is 14.3. The fourth-order valence-corrected chi connectivity index (χ4v) is 4.92. The first-order valence-corrected chi connectivity index (χ1v) is 12.2.